The van der Waals surface area contributed by atoms with Gasteiger partial charge in [-0.3, -0.25) is 4.79 Å². The molecule has 1 aliphatic heterocycles. The van der Waals surface area contributed by atoms with E-state index in [1.165, 1.54) is 17.4 Å². The minimum absolute atomic E-state index is 0.0665. The van der Waals surface area contributed by atoms with E-state index in [1.54, 1.807) is 17.5 Å². The quantitative estimate of drug-likeness (QED) is 0.593. The molecule has 1 amide bonds. The fourth-order valence-electron chi connectivity index (χ4n) is 3.33. The monoisotopic (exact) mass is 426 g/mol. The first-order valence-electron chi connectivity index (χ1n) is 9.92. The molecule has 0 unspecified atom stereocenters. The highest BCUT2D eigenvalue weighted by Crippen LogP contribution is 2.29. The number of hydrogen-bond acceptors (Lipinski definition) is 5. The molecular formula is C23H23FN2O3S. The van der Waals surface area contributed by atoms with Crippen molar-refractivity contribution in [1.29, 1.82) is 0 Å². The van der Waals surface area contributed by atoms with E-state index in [0.29, 0.717) is 29.5 Å². The number of aromatic nitrogens is 1. The number of hydrogen-bond donors (Lipinski definition) is 1. The number of carbonyl (C=O) groups excluding carboxylic acids is 1. The van der Waals surface area contributed by atoms with Crippen LogP contribution in [0.2, 0.25) is 0 Å². The van der Waals surface area contributed by atoms with Gasteiger partial charge in [0.1, 0.15) is 28.9 Å². The van der Waals surface area contributed by atoms with Crippen LogP contribution >= 0.6 is 11.3 Å². The van der Waals surface area contributed by atoms with Gasteiger partial charge >= 0.3 is 0 Å². The second-order valence-electron chi connectivity index (χ2n) is 7.30. The Labute approximate surface area is 178 Å². The van der Waals surface area contributed by atoms with Gasteiger partial charge in [0, 0.05) is 30.2 Å². The van der Waals surface area contributed by atoms with Crippen LogP contribution in [0, 0.1) is 12.7 Å². The lowest BCUT2D eigenvalue weighted by Gasteiger charge is -2.09. The lowest BCUT2D eigenvalue weighted by atomic mass is 10.1. The number of nitrogens with one attached hydrogen (secondary N) is 1. The summed E-state index contributed by atoms with van der Waals surface area (Å²) in [5, 5.41) is 4.93. The molecule has 1 aromatic heterocycles. The Morgan fingerprint density at radius 3 is 3.00 bits per heavy atom. The molecule has 1 N–H and O–H groups in total. The van der Waals surface area contributed by atoms with E-state index in [4.69, 9.17) is 9.47 Å². The smallest absolute Gasteiger partial charge is 0.270 e. The second-order valence-corrected chi connectivity index (χ2v) is 8.16. The summed E-state index contributed by atoms with van der Waals surface area (Å²) in [6.45, 7) is 3.59. The second kappa shape index (κ2) is 9.36. The predicted octanol–water partition coefficient (Wildman–Crippen LogP) is 4.75. The van der Waals surface area contributed by atoms with E-state index < -0.39 is 5.82 Å². The molecule has 0 spiro atoms. The molecule has 2 heterocycles. The van der Waals surface area contributed by atoms with E-state index in [-0.39, 0.29) is 17.7 Å². The summed E-state index contributed by atoms with van der Waals surface area (Å²) in [6.07, 6.45) is 2.04. The lowest BCUT2D eigenvalue weighted by molar-refractivity contribution is 0.0854. The summed E-state index contributed by atoms with van der Waals surface area (Å²) in [7, 11) is 0. The highest BCUT2D eigenvalue weighted by molar-refractivity contribution is 7.13. The zero-order valence-electron chi connectivity index (χ0n) is 16.7. The normalized spacial score (nSPS) is 15.9. The van der Waals surface area contributed by atoms with E-state index in [0.717, 1.165) is 30.6 Å². The molecule has 3 aromatic rings. The van der Waals surface area contributed by atoms with Crippen LogP contribution in [0.1, 0.15) is 34.5 Å². The SMILES string of the molecule is Cc1cccc(COc2ccc(-c3nc(C(=O)NC[C@H]4CCCO4)cs3)c(F)c2)c1. The number of aryl methyl sites for hydroxylation is 1. The van der Waals surface area contributed by atoms with Crippen LogP contribution in [-0.4, -0.2) is 30.1 Å². The summed E-state index contributed by atoms with van der Waals surface area (Å²) in [5.74, 6) is -0.257. The minimum atomic E-state index is -0.433. The molecule has 4 rings (SSSR count). The molecule has 1 atom stereocenters. The summed E-state index contributed by atoms with van der Waals surface area (Å²) >= 11 is 1.24. The van der Waals surface area contributed by atoms with E-state index >= 15 is 0 Å². The first-order valence-corrected chi connectivity index (χ1v) is 10.8. The topological polar surface area (TPSA) is 60.5 Å². The molecule has 0 radical (unpaired) electrons. The Bertz CT molecular complexity index is 1030. The van der Waals surface area contributed by atoms with Crippen molar-refractivity contribution in [2.75, 3.05) is 13.2 Å². The summed E-state index contributed by atoms with van der Waals surface area (Å²) in [6, 6.07) is 12.7. The van der Waals surface area contributed by atoms with Gasteiger partial charge in [-0.2, -0.15) is 0 Å². The number of nitrogens with zero attached hydrogens (tertiary/aromatic N) is 1. The summed E-state index contributed by atoms with van der Waals surface area (Å²) in [4.78, 5) is 16.6. The van der Waals surface area contributed by atoms with Crippen molar-refractivity contribution in [2.24, 2.45) is 0 Å². The Kier molecular flexibility index (Phi) is 6.40. The fourth-order valence-corrected chi connectivity index (χ4v) is 4.16. The Morgan fingerprint density at radius 1 is 1.33 bits per heavy atom. The number of benzene rings is 2. The van der Waals surface area contributed by atoms with Gasteiger partial charge in [-0.1, -0.05) is 29.8 Å². The molecule has 1 fully saturated rings. The third kappa shape index (κ3) is 5.04. The Balaban J connectivity index is 1.38. The molecule has 0 aliphatic carbocycles. The van der Waals surface area contributed by atoms with Gasteiger partial charge in [0.2, 0.25) is 0 Å². The number of thiazole rings is 1. The van der Waals surface area contributed by atoms with Crippen molar-refractivity contribution in [1.82, 2.24) is 10.3 Å². The number of carbonyl (C=O) groups is 1. The summed E-state index contributed by atoms with van der Waals surface area (Å²) in [5.41, 5.74) is 2.81. The molecule has 1 aliphatic rings. The highest BCUT2D eigenvalue weighted by Gasteiger charge is 2.19. The van der Waals surface area contributed by atoms with Crippen LogP contribution in [0.3, 0.4) is 0 Å². The molecule has 156 valence electrons. The predicted molar refractivity (Wildman–Crippen MR) is 114 cm³/mol. The molecule has 7 heteroatoms. The Hall–Kier alpha value is -2.77. The van der Waals surface area contributed by atoms with Crippen LogP contribution in [0.5, 0.6) is 5.75 Å². The Morgan fingerprint density at radius 2 is 2.23 bits per heavy atom. The van der Waals surface area contributed by atoms with Crippen molar-refractivity contribution in [3.8, 4) is 16.3 Å². The standard InChI is InChI=1S/C23H23FN2O3S/c1-15-4-2-5-16(10-15)13-29-17-7-8-19(20(24)11-17)23-26-21(14-30-23)22(27)25-12-18-6-3-9-28-18/h2,4-5,7-8,10-11,14,18H,3,6,9,12-13H2,1H3,(H,25,27)/t18-/m1/s1. The fraction of sp³-hybridized carbons (Fsp3) is 0.304. The van der Waals surface area contributed by atoms with E-state index in [2.05, 4.69) is 10.3 Å². The largest absolute Gasteiger partial charge is 0.489 e. The van der Waals surface area contributed by atoms with Gasteiger partial charge in [0.15, 0.2) is 0 Å². The zero-order valence-corrected chi connectivity index (χ0v) is 17.5. The average molecular weight is 427 g/mol. The average Bonchev–Trinajstić information content (AvgIpc) is 3.43. The number of halogens is 1. The van der Waals surface area contributed by atoms with Gasteiger partial charge in [0.05, 0.1) is 6.10 Å². The van der Waals surface area contributed by atoms with Crippen molar-refractivity contribution in [3.05, 3.63) is 70.5 Å². The third-order valence-electron chi connectivity index (χ3n) is 4.91. The van der Waals surface area contributed by atoms with Crippen LogP contribution in [0.15, 0.2) is 47.8 Å². The first kappa shape index (κ1) is 20.5. The van der Waals surface area contributed by atoms with Gasteiger partial charge in [0.25, 0.3) is 5.91 Å². The van der Waals surface area contributed by atoms with Gasteiger partial charge in [-0.05, 0) is 37.5 Å². The maximum Gasteiger partial charge on any atom is 0.270 e. The zero-order chi connectivity index (χ0) is 20.9. The van der Waals surface area contributed by atoms with E-state index in [9.17, 15) is 9.18 Å². The molecule has 5 nitrogen and oxygen atoms in total. The molecule has 1 saturated heterocycles. The van der Waals surface area contributed by atoms with Gasteiger partial charge in [-0.15, -0.1) is 11.3 Å². The minimum Gasteiger partial charge on any atom is -0.489 e. The molecule has 2 aromatic carbocycles. The lowest BCUT2D eigenvalue weighted by Crippen LogP contribution is -2.31. The number of amides is 1. The third-order valence-corrected chi connectivity index (χ3v) is 5.79. The van der Waals surface area contributed by atoms with Crippen LogP contribution in [-0.2, 0) is 11.3 Å². The van der Waals surface area contributed by atoms with E-state index in [1.807, 2.05) is 31.2 Å². The van der Waals surface area contributed by atoms with Crippen molar-refractivity contribution in [3.63, 3.8) is 0 Å². The molecular weight excluding hydrogens is 403 g/mol. The summed E-state index contributed by atoms with van der Waals surface area (Å²) < 4.78 is 25.9. The van der Waals surface area contributed by atoms with Gasteiger partial charge in [-0.25, -0.2) is 9.37 Å². The van der Waals surface area contributed by atoms with Crippen molar-refractivity contribution in [2.45, 2.75) is 32.5 Å². The highest BCUT2D eigenvalue weighted by atomic mass is 32.1. The van der Waals surface area contributed by atoms with Gasteiger partial charge < -0.3 is 14.8 Å². The van der Waals surface area contributed by atoms with Crippen LogP contribution in [0.25, 0.3) is 10.6 Å². The molecule has 0 saturated carbocycles. The number of ether oxygens (including phenoxy) is 2. The molecule has 0 bridgehead atoms. The number of rotatable bonds is 7. The first-order chi connectivity index (χ1) is 14.6. The van der Waals surface area contributed by atoms with Crippen LogP contribution in [0.4, 0.5) is 4.39 Å². The van der Waals surface area contributed by atoms with Crippen molar-refractivity contribution < 1.29 is 18.7 Å². The maximum absolute atomic E-state index is 14.7. The van der Waals surface area contributed by atoms with Crippen molar-refractivity contribution >= 4 is 17.2 Å². The maximum atomic E-state index is 14.7. The molecule has 30 heavy (non-hydrogen) atoms. The van der Waals surface area contributed by atoms with Crippen LogP contribution < -0.4 is 10.1 Å².